The standard InChI is InChI=1S/C24H20ClN5O2/c1-2-31-23-10-21-18(9-20(23)27)24(16(11-26)13-29-21)30-17-5-6-22(19(25)8-17)32-14-15-4-3-7-28-12-15/h3-10,12-13H,2,14,27H2,1H3,(H,29,30). The Kier molecular flexibility index (Phi) is 6.24. The van der Waals surface area contributed by atoms with Crippen LogP contribution in [-0.4, -0.2) is 16.6 Å². The molecule has 0 aliphatic heterocycles. The molecule has 0 saturated heterocycles. The molecule has 0 fully saturated rings. The highest BCUT2D eigenvalue weighted by atomic mass is 35.5. The largest absolute Gasteiger partial charge is 0.492 e. The van der Waals surface area contributed by atoms with Crippen molar-refractivity contribution in [3.63, 3.8) is 0 Å². The number of anilines is 3. The fourth-order valence-corrected chi connectivity index (χ4v) is 3.46. The fraction of sp³-hybridized carbons (Fsp3) is 0.125. The van der Waals surface area contributed by atoms with Gasteiger partial charge in [-0.2, -0.15) is 5.26 Å². The highest BCUT2D eigenvalue weighted by molar-refractivity contribution is 6.32. The van der Waals surface area contributed by atoms with Crippen LogP contribution >= 0.6 is 11.6 Å². The van der Waals surface area contributed by atoms with Crippen LogP contribution in [0.25, 0.3) is 10.9 Å². The molecule has 2 aromatic heterocycles. The number of nitrogens with zero attached hydrogens (tertiary/aromatic N) is 3. The zero-order chi connectivity index (χ0) is 22.5. The molecular formula is C24H20ClN5O2. The van der Waals surface area contributed by atoms with E-state index in [4.69, 9.17) is 26.8 Å². The Balaban J connectivity index is 1.63. The molecule has 0 aliphatic carbocycles. The van der Waals surface area contributed by atoms with E-state index >= 15 is 0 Å². The van der Waals surface area contributed by atoms with Crippen LogP contribution in [0.15, 0.2) is 61.1 Å². The van der Waals surface area contributed by atoms with Gasteiger partial charge in [-0.25, -0.2) is 0 Å². The summed E-state index contributed by atoms with van der Waals surface area (Å²) in [6, 6.07) is 14.8. The van der Waals surface area contributed by atoms with Crippen molar-refractivity contribution in [3.8, 4) is 17.6 Å². The van der Waals surface area contributed by atoms with E-state index in [1.807, 2.05) is 25.1 Å². The van der Waals surface area contributed by atoms with Crippen molar-refractivity contribution >= 4 is 39.6 Å². The summed E-state index contributed by atoms with van der Waals surface area (Å²) in [6.07, 6.45) is 4.97. The van der Waals surface area contributed by atoms with Crippen molar-refractivity contribution in [1.29, 1.82) is 5.26 Å². The molecule has 0 atom stereocenters. The number of nitrogens with one attached hydrogen (secondary N) is 1. The van der Waals surface area contributed by atoms with Gasteiger partial charge in [-0.15, -0.1) is 0 Å². The number of fused-ring (bicyclic) bond motifs is 1. The minimum Gasteiger partial charge on any atom is -0.492 e. The second-order valence-corrected chi connectivity index (χ2v) is 7.33. The van der Waals surface area contributed by atoms with Crippen molar-refractivity contribution in [3.05, 3.63) is 77.2 Å². The molecule has 7 nitrogen and oxygen atoms in total. The predicted molar refractivity (Wildman–Crippen MR) is 125 cm³/mol. The van der Waals surface area contributed by atoms with Crippen molar-refractivity contribution in [2.45, 2.75) is 13.5 Å². The molecule has 0 aliphatic rings. The van der Waals surface area contributed by atoms with Gasteiger partial charge in [-0.3, -0.25) is 9.97 Å². The average molecular weight is 446 g/mol. The molecule has 0 bridgehead atoms. The Morgan fingerprint density at radius 3 is 2.72 bits per heavy atom. The molecule has 8 heteroatoms. The molecule has 0 radical (unpaired) electrons. The summed E-state index contributed by atoms with van der Waals surface area (Å²) in [5.41, 5.74) is 9.88. The van der Waals surface area contributed by atoms with Gasteiger partial charge in [0.1, 0.15) is 24.2 Å². The molecule has 3 N–H and O–H groups in total. The van der Waals surface area contributed by atoms with Crippen molar-refractivity contribution in [1.82, 2.24) is 9.97 Å². The van der Waals surface area contributed by atoms with E-state index in [2.05, 4.69) is 21.4 Å². The van der Waals surface area contributed by atoms with Crippen molar-refractivity contribution in [2.75, 3.05) is 17.7 Å². The summed E-state index contributed by atoms with van der Waals surface area (Å²) in [4.78, 5) is 8.45. The van der Waals surface area contributed by atoms with Gasteiger partial charge in [0, 0.05) is 41.3 Å². The first-order chi connectivity index (χ1) is 15.6. The van der Waals surface area contributed by atoms with Gasteiger partial charge in [0.2, 0.25) is 0 Å². The Morgan fingerprint density at radius 1 is 1.12 bits per heavy atom. The summed E-state index contributed by atoms with van der Waals surface area (Å²) in [5, 5.41) is 14.0. The molecule has 4 rings (SSSR count). The summed E-state index contributed by atoms with van der Waals surface area (Å²) < 4.78 is 11.4. The zero-order valence-corrected chi connectivity index (χ0v) is 18.1. The summed E-state index contributed by atoms with van der Waals surface area (Å²) >= 11 is 6.44. The van der Waals surface area contributed by atoms with Crippen LogP contribution in [0.3, 0.4) is 0 Å². The third-order valence-corrected chi connectivity index (χ3v) is 5.03. The number of rotatable bonds is 7. The Morgan fingerprint density at radius 2 is 2.00 bits per heavy atom. The minimum atomic E-state index is 0.356. The van der Waals surface area contributed by atoms with E-state index < -0.39 is 0 Å². The number of nitrogens with two attached hydrogens (primary N) is 1. The third-order valence-electron chi connectivity index (χ3n) is 4.74. The van der Waals surface area contributed by atoms with Gasteiger partial charge in [-0.05, 0) is 37.3 Å². The number of hydrogen-bond acceptors (Lipinski definition) is 7. The SMILES string of the molecule is CCOc1cc2ncc(C#N)c(Nc3ccc(OCc4cccnc4)c(Cl)c3)c2cc1N. The van der Waals surface area contributed by atoms with E-state index in [0.29, 0.717) is 63.3 Å². The van der Waals surface area contributed by atoms with Crippen molar-refractivity contribution < 1.29 is 9.47 Å². The molecule has 32 heavy (non-hydrogen) atoms. The number of aromatic nitrogens is 2. The number of pyridine rings is 2. The summed E-state index contributed by atoms with van der Waals surface area (Å²) in [7, 11) is 0. The smallest absolute Gasteiger partial charge is 0.144 e. The lowest BCUT2D eigenvalue weighted by atomic mass is 10.1. The number of hydrogen-bond donors (Lipinski definition) is 2. The number of benzene rings is 2. The number of ether oxygens (including phenoxy) is 2. The minimum absolute atomic E-state index is 0.356. The average Bonchev–Trinajstić information content (AvgIpc) is 2.80. The molecule has 2 aromatic carbocycles. The van der Waals surface area contributed by atoms with E-state index in [1.165, 1.54) is 6.20 Å². The van der Waals surface area contributed by atoms with E-state index in [9.17, 15) is 5.26 Å². The maximum atomic E-state index is 9.60. The molecule has 4 aromatic rings. The second kappa shape index (κ2) is 9.41. The quantitative estimate of drug-likeness (QED) is 0.364. The third kappa shape index (κ3) is 4.51. The number of nitrogen functional groups attached to an aromatic ring is 1. The summed E-state index contributed by atoms with van der Waals surface area (Å²) in [6.45, 7) is 2.73. The van der Waals surface area contributed by atoms with Gasteiger partial charge >= 0.3 is 0 Å². The molecular weight excluding hydrogens is 426 g/mol. The lowest BCUT2D eigenvalue weighted by Crippen LogP contribution is -2.01. The normalized spacial score (nSPS) is 10.5. The van der Waals surface area contributed by atoms with Crippen LogP contribution < -0.4 is 20.5 Å². The van der Waals surface area contributed by atoms with Gasteiger partial charge < -0.3 is 20.5 Å². The highest BCUT2D eigenvalue weighted by Crippen LogP contribution is 2.36. The van der Waals surface area contributed by atoms with Gasteiger partial charge in [0.15, 0.2) is 0 Å². The first kappa shape index (κ1) is 21.2. The molecule has 0 unspecified atom stereocenters. The Bertz CT molecular complexity index is 1310. The van der Waals surface area contributed by atoms with Crippen LogP contribution in [0.1, 0.15) is 18.1 Å². The monoisotopic (exact) mass is 445 g/mol. The number of nitriles is 1. The highest BCUT2D eigenvalue weighted by Gasteiger charge is 2.14. The predicted octanol–water partition coefficient (Wildman–Crippen LogP) is 5.46. The number of halogens is 1. The molecule has 0 saturated carbocycles. The zero-order valence-electron chi connectivity index (χ0n) is 17.3. The molecule has 0 amide bonds. The van der Waals surface area contributed by atoms with E-state index in [1.54, 1.807) is 36.7 Å². The first-order valence-electron chi connectivity index (χ1n) is 9.92. The van der Waals surface area contributed by atoms with Crippen LogP contribution in [0.4, 0.5) is 17.1 Å². The van der Waals surface area contributed by atoms with Gasteiger partial charge in [-0.1, -0.05) is 17.7 Å². The van der Waals surface area contributed by atoms with E-state index in [-0.39, 0.29) is 0 Å². The maximum absolute atomic E-state index is 9.60. The second-order valence-electron chi connectivity index (χ2n) is 6.92. The maximum Gasteiger partial charge on any atom is 0.144 e. The van der Waals surface area contributed by atoms with Crippen LogP contribution in [0, 0.1) is 11.3 Å². The van der Waals surface area contributed by atoms with Gasteiger partial charge in [0.25, 0.3) is 0 Å². The van der Waals surface area contributed by atoms with Crippen LogP contribution in [0.5, 0.6) is 11.5 Å². The Labute approximate surface area is 190 Å². The van der Waals surface area contributed by atoms with Crippen LogP contribution in [0.2, 0.25) is 5.02 Å². The topological polar surface area (TPSA) is 106 Å². The molecule has 2 heterocycles. The Hall–Kier alpha value is -4.02. The van der Waals surface area contributed by atoms with Crippen molar-refractivity contribution in [2.24, 2.45) is 0 Å². The molecule has 0 spiro atoms. The summed E-state index contributed by atoms with van der Waals surface area (Å²) in [5.74, 6) is 1.10. The van der Waals surface area contributed by atoms with Gasteiger partial charge in [0.05, 0.1) is 34.1 Å². The lowest BCUT2D eigenvalue weighted by Gasteiger charge is -2.15. The lowest BCUT2D eigenvalue weighted by molar-refractivity contribution is 0.306. The first-order valence-corrected chi connectivity index (χ1v) is 10.3. The fourth-order valence-electron chi connectivity index (χ4n) is 3.22. The van der Waals surface area contributed by atoms with Crippen LogP contribution in [-0.2, 0) is 6.61 Å². The molecule has 160 valence electrons. The van der Waals surface area contributed by atoms with E-state index in [0.717, 1.165) is 5.56 Å².